The second-order valence-electron chi connectivity index (χ2n) is 6.04. The molecular weight excluding hydrogens is 458 g/mol. The number of carbonyl (C=O) groups excluding carboxylic acids is 1. The summed E-state index contributed by atoms with van der Waals surface area (Å²) < 4.78 is 109. The number of halogens is 8. The Hall–Kier alpha value is -3.32. The van der Waals surface area contributed by atoms with E-state index in [2.05, 4.69) is 21.0 Å². The number of carbonyl (C=O) groups is 1. The number of allylic oxidation sites excluding steroid dienone is 1. The summed E-state index contributed by atoms with van der Waals surface area (Å²) in [4.78, 5) is 16.3. The Bertz CT molecular complexity index is 894. The van der Waals surface area contributed by atoms with Crippen LogP contribution in [0, 0.1) is 11.6 Å². The molecule has 1 aromatic carbocycles. The first kappa shape index (κ1) is 26.7. The van der Waals surface area contributed by atoms with E-state index in [0.717, 1.165) is 26.1 Å². The molecule has 0 unspecified atom stereocenters. The van der Waals surface area contributed by atoms with Gasteiger partial charge in [0.1, 0.15) is 17.5 Å². The summed E-state index contributed by atoms with van der Waals surface area (Å²) in [5.41, 5.74) is -0.342. The summed E-state index contributed by atoms with van der Waals surface area (Å²) in [7, 11) is 1.10. The van der Waals surface area contributed by atoms with Crippen LogP contribution in [0.1, 0.15) is 6.92 Å². The van der Waals surface area contributed by atoms with E-state index >= 15 is 0 Å². The van der Waals surface area contributed by atoms with Crippen LogP contribution in [-0.2, 0) is 9.47 Å². The summed E-state index contributed by atoms with van der Waals surface area (Å²) in [5, 5.41) is 2.01. The minimum atomic E-state index is -4.81. The minimum Gasteiger partial charge on any atom is -0.489 e. The molecule has 14 heteroatoms. The van der Waals surface area contributed by atoms with Crippen molar-refractivity contribution in [3.8, 4) is 0 Å². The lowest BCUT2D eigenvalue weighted by molar-refractivity contribution is -0.164. The van der Waals surface area contributed by atoms with E-state index in [1.165, 1.54) is 0 Å². The maximum atomic E-state index is 13.8. The quantitative estimate of drug-likeness (QED) is 0.260. The molecule has 0 radical (unpaired) electrons. The molecule has 1 N–H and O–H groups in total. The van der Waals surface area contributed by atoms with Gasteiger partial charge in [0.05, 0.1) is 11.4 Å². The minimum absolute atomic E-state index is 0.342. The number of rotatable bonds is 7. The highest BCUT2D eigenvalue weighted by atomic mass is 19.4. The summed E-state index contributed by atoms with van der Waals surface area (Å²) in [6.45, 7) is 0.712. The molecule has 1 rings (SSSR count). The standard InChI is InChI=1S/C18H17F8N3O3/c1-10(31-8-17(21,22)23)6-15(32-9-18(24,25)26)27-11(2)28-16(30)29(3)14-5-4-12(19)7-13(14)20/h4-7H,2,8-9H2,1,3H3,(H,28,30)/b10-6+,27-15+. The fraction of sp³-hybridized carbons (Fsp3) is 0.333. The smallest absolute Gasteiger partial charge is 0.422 e. The van der Waals surface area contributed by atoms with E-state index in [-0.39, 0.29) is 5.69 Å². The van der Waals surface area contributed by atoms with Crippen LogP contribution in [0.15, 0.2) is 47.4 Å². The van der Waals surface area contributed by atoms with Crippen molar-refractivity contribution in [1.82, 2.24) is 5.32 Å². The number of aliphatic imine (C=N–C) groups is 1. The largest absolute Gasteiger partial charge is 0.489 e. The molecule has 32 heavy (non-hydrogen) atoms. The van der Waals surface area contributed by atoms with Crippen molar-refractivity contribution in [3.05, 3.63) is 54.1 Å². The normalized spacial score (nSPS) is 12.9. The Labute approximate surface area is 176 Å². The number of nitrogens with one attached hydrogen (secondary N) is 1. The maximum absolute atomic E-state index is 13.8. The van der Waals surface area contributed by atoms with Gasteiger partial charge in [0.2, 0.25) is 5.90 Å². The molecule has 0 heterocycles. The van der Waals surface area contributed by atoms with Crippen LogP contribution in [0.3, 0.4) is 0 Å². The Kier molecular flexibility index (Phi) is 9.03. The number of ether oxygens (including phenoxy) is 2. The zero-order valence-corrected chi connectivity index (χ0v) is 16.6. The van der Waals surface area contributed by atoms with Gasteiger partial charge in [-0.15, -0.1) is 0 Å². The van der Waals surface area contributed by atoms with Gasteiger partial charge in [-0.3, -0.25) is 10.2 Å². The molecule has 0 aromatic heterocycles. The van der Waals surface area contributed by atoms with Crippen molar-refractivity contribution in [2.24, 2.45) is 4.99 Å². The van der Waals surface area contributed by atoms with Gasteiger partial charge in [-0.2, -0.15) is 31.3 Å². The summed E-state index contributed by atoms with van der Waals surface area (Å²) in [5.74, 6) is -3.93. The first-order valence-corrected chi connectivity index (χ1v) is 8.42. The number of anilines is 1. The van der Waals surface area contributed by atoms with Crippen LogP contribution in [0.25, 0.3) is 0 Å². The zero-order chi connectivity index (χ0) is 24.7. The third-order valence-corrected chi connectivity index (χ3v) is 3.25. The van der Waals surface area contributed by atoms with E-state index in [9.17, 15) is 39.9 Å². The zero-order valence-electron chi connectivity index (χ0n) is 16.6. The highest BCUT2D eigenvalue weighted by molar-refractivity contribution is 5.93. The van der Waals surface area contributed by atoms with Crippen LogP contribution in [0.4, 0.5) is 45.6 Å². The van der Waals surface area contributed by atoms with Crippen molar-refractivity contribution in [2.45, 2.75) is 19.3 Å². The topological polar surface area (TPSA) is 63.2 Å². The molecule has 0 saturated heterocycles. The van der Waals surface area contributed by atoms with Gasteiger partial charge in [0, 0.05) is 19.2 Å². The Balaban J connectivity index is 2.97. The van der Waals surface area contributed by atoms with E-state index in [0.29, 0.717) is 17.0 Å². The van der Waals surface area contributed by atoms with Gasteiger partial charge in [0.25, 0.3) is 0 Å². The number of benzene rings is 1. The van der Waals surface area contributed by atoms with E-state index in [1.54, 1.807) is 0 Å². The number of amides is 2. The molecule has 178 valence electrons. The average molecular weight is 475 g/mol. The van der Waals surface area contributed by atoms with Gasteiger partial charge in [0.15, 0.2) is 13.2 Å². The number of urea groups is 1. The van der Waals surface area contributed by atoms with Crippen LogP contribution >= 0.6 is 0 Å². The van der Waals surface area contributed by atoms with Gasteiger partial charge < -0.3 is 9.47 Å². The van der Waals surface area contributed by atoms with Crippen LogP contribution < -0.4 is 10.2 Å². The third kappa shape index (κ3) is 10.1. The Morgan fingerprint density at radius 3 is 2.22 bits per heavy atom. The molecule has 6 nitrogen and oxygen atoms in total. The highest BCUT2D eigenvalue weighted by Crippen LogP contribution is 2.20. The fourth-order valence-electron chi connectivity index (χ4n) is 1.90. The van der Waals surface area contributed by atoms with Crippen molar-refractivity contribution >= 4 is 17.6 Å². The maximum Gasteiger partial charge on any atom is 0.422 e. The number of nitrogens with zero attached hydrogens (tertiary/aromatic N) is 2. The van der Waals surface area contributed by atoms with Crippen LogP contribution in [0.2, 0.25) is 0 Å². The van der Waals surface area contributed by atoms with Gasteiger partial charge in [-0.25, -0.2) is 13.6 Å². The Morgan fingerprint density at radius 2 is 1.69 bits per heavy atom. The van der Waals surface area contributed by atoms with Gasteiger partial charge in [-0.1, -0.05) is 6.58 Å². The van der Waals surface area contributed by atoms with Gasteiger partial charge >= 0.3 is 18.4 Å². The predicted octanol–water partition coefficient (Wildman–Crippen LogP) is 5.04. The molecule has 0 bridgehead atoms. The second kappa shape index (κ2) is 10.8. The summed E-state index contributed by atoms with van der Waals surface area (Å²) in [6.07, 6.45) is -8.88. The fourth-order valence-corrected chi connectivity index (χ4v) is 1.90. The van der Waals surface area contributed by atoms with Crippen molar-refractivity contribution in [3.63, 3.8) is 0 Å². The van der Waals surface area contributed by atoms with E-state index in [1.807, 2.05) is 5.32 Å². The average Bonchev–Trinajstić information content (AvgIpc) is 2.62. The van der Waals surface area contributed by atoms with Crippen molar-refractivity contribution < 1.29 is 49.4 Å². The number of alkyl halides is 6. The molecule has 0 atom stereocenters. The SMILES string of the molecule is C=C(/N=C(\C=C(/C)OCC(F)(F)F)OCC(F)(F)F)NC(=O)N(C)c1ccc(F)cc1F. The predicted molar refractivity (Wildman–Crippen MR) is 97.6 cm³/mol. The molecule has 0 saturated carbocycles. The lowest BCUT2D eigenvalue weighted by atomic mass is 10.3. The van der Waals surface area contributed by atoms with Crippen molar-refractivity contribution in [2.75, 3.05) is 25.2 Å². The first-order chi connectivity index (χ1) is 14.6. The summed E-state index contributed by atoms with van der Waals surface area (Å²) in [6, 6.07) is 1.29. The van der Waals surface area contributed by atoms with Crippen LogP contribution in [-0.4, -0.2) is 44.5 Å². The van der Waals surface area contributed by atoms with E-state index in [4.69, 9.17) is 0 Å². The molecule has 0 spiro atoms. The van der Waals surface area contributed by atoms with E-state index < -0.39 is 60.7 Å². The number of hydrogen-bond acceptors (Lipinski definition) is 4. The molecule has 0 fully saturated rings. The first-order valence-electron chi connectivity index (χ1n) is 8.42. The highest BCUT2D eigenvalue weighted by Gasteiger charge is 2.30. The third-order valence-electron chi connectivity index (χ3n) is 3.25. The van der Waals surface area contributed by atoms with Gasteiger partial charge in [-0.05, 0) is 19.1 Å². The number of hydrogen-bond donors (Lipinski definition) is 1. The monoisotopic (exact) mass is 475 g/mol. The molecule has 1 aromatic rings. The molecule has 2 amide bonds. The summed E-state index contributed by atoms with van der Waals surface area (Å²) >= 11 is 0. The lowest BCUT2D eigenvalue weighted by Gasteiger charge is -2.19. The lowest BCUT2D eigenvalue weighted by Crippen LogP contribution is -2.37. The molecule has 0 aliphatic carbocycles. The molecule has 0 aliphatic heterocycles. The van der Waals surface area contributed by atoms with Crippen LogP contribution in [0.5, 0.6) is 0 Å². The Morgan fingerprint density at radius 1 is 1.12 bits per heavy atom. The molecular formula is C18H17F8N3O3. The second-order valence-corrected chi connectivity index (χ2v) is 6.04. The van der Waals surface area contributed by atoms with Crippen molar-refractivity contribution in [1.29, 1.82) is 0 Å². The molecule has 0 aliphatic rings.